The van der Waals surface area contributed by atoms with Crippen molar-refractivity contribution in [2.24, 2.45) is 11.8 Å². The molecular weight excluding hydrogens is 470 g/mol. The first-order valence-electron chi connectivity index (χ1n) is 15.3. The molecule has 0 aliphatic rings. The molecule has 0 fully saturated rings. The maximum Gasteiger partial charge on any atom is 0.213 e. The third kappa shape index (κ3) is 14.7. The number of unbranched alkanes of at least 4 members (excludes halogenated alkanes) is 9. The third-order valence-corrected chi connectivity index (χ3v) is 8.80. The van der Waals surface area contributed by atoms with Gasteiger partial charge in [-0.3, -0.25) is 0 Å². The van der Waals surface area contributed by atoms with Crippen LogP contribution in [0, 0.1) is 11.8 Å². The monoisotopic (exact) mass is 523 g/mol. The molecular formula is C32H53N3OSi. The normalized spacial score (nSPS) is 13.0. The van der Waals surface area contributed by atoms with Crippen LogP contribution < -0.4 is 10.1 Å². The second-order valence-corrected chi connectivity index (χ2v) is 12.3. The molecule has 2 atom stereocenters. The molecule has 2 aromatic rings. The second kappa shape index (κ2) is 20.2. The highest BCUT2D eigenvalue weighted by molar-refractivity contribution is 6.52. The summed E-state index contributed by atoms with van der Waals surface area (Å²) in [6.45, 7) is 10.1. The number of rotatable bonds is 22. The predicted octanol–water partition coefficient (Wildman–Crippen LogP) is 8.83. The van der Waals surface area contributed by atoms with Gasteiger partial charge in [0.25, 0.3) is 0 Å². The van der Waals surface area contributed by atoms with E-state index in [9.17, 15) is 0 Å². The molecule has 2 rings (SSSR count). The predicted molar refractivity (Wildman–Crippen MR) is 160 cm³/mol. The van der Waals surface area contributed by atoms with Crippen LogP contribution in [0.4, 0.5) is 0 Å². The van der Waals surface area contributed by atoms with Crippen LogP contribution in [0.5, 0.6) is 5.88 Å². The maximum atomic E-state index is 5.80. The lowest BCUT2D eigenvalue weighted by molar-refractivity contribution is 0.293. The summed E-state index contributed by atoms with van der Waals surface area (Å²) in [5, 5.41) is 10.1. The summed E-state index contributed by atoms with van der Waals surface area (Å²) in [4.78, 5) is 4.46. The van der Waals surface area contributed by atoms with Crippen molar-refractivity contribution < 1.29 is 4.74 Å². The molecule has 2 aromatic heterocycles. The topological polar surface area (TPSA) is 47.9 Å². The van der Waals surface area contributed by atoms with Gasteiger partial charge in [0.1, 0.15) is 9.52 Å². The lowest BCUT2D eigenvalue weighted by atomic mass is 9.96. The maximum absolute atomic E-state index is 5.80. The lowest BCUT2D eigenvalue weighted by Crippen LogP contribution is -2.21. The Kier molecular flexibility index (Phi) is 17.2. The lowest BCUT2D eigenvalue weighted by Gasteiger charge is -2.12. The fourth-order valence-electron chi connectivity index (χ4n) is 4.69. The smallest absolute Gasteiger partial charge is 0.213 e. The Morgan fingerprint density at radius 1 is 0.703 bits per heavy atom. The zero-order chi connectivity index (χ0) is 26.6. The van der Waals surface area contributed by atoms with Crippen molar-refractivity contribution in [3.8, 4) is 17.1 Å². The Hall–Kier alpha value is -1.75. The van der Waals surface area contributed by atoms with E-state index in [-0.39, 0.29) is 0 Å². The van der Waals surface area contributed by atoms with Gasteiger partial charge < -0.3 is 4.74 Å². The summed E-state index contributed by atoms with van der Waals surface area (Å²) >= 11 is 0. The van der Waals surface area contributed by atoms with Gasteiger partial charge in [-0.1, -0.05) is 124 Å². The standard InChI is InChI=1S/C32H53N3OSi/c1-5-7-9-10-11-16-24-36-31-22-20-29(25-33-31)30-21-23-32(35-34-30)37-26-28(4)19-15-12-14-18-27(3)17-13-8-6-2/h20-23,25,27-28H,5-19,24,26H2,1-4H3. The highest BCUT2D eigenvalue weighted by atomic mass is 28.2. The summed E-state index contributed by atoms with van der Waals surface area (Å²) in [7, 11) is 0.734. The van der Waals surface area contributed by atoms with Crippen LogP contribution in [0.15, 0.2) is 30.5 Å². The number of nitrogens with zero attached hydrogens (tertiary/aromatic N) is 3. The van der Waals surface area contributed by atoms with Gasteiger partial charge in [-0.15, -0.1) is 0 Å². The SMILES string of the molecule is CCCCCCCCOc1ccc(-c2ccc([Si]CC(C)CCCCCC(C)CCCCC)nn2)cn1. The fraction of sp³-hybridized carbons (Fsp3) is 0.719. The number of aromatic nitrogens is 3. The Morgan fingerprint density at radius 3 is 2.03 bits per heavy atom. The van der Waals surface area contributed by atoms with Crippen molar-refractivity contribution >= 4 is 14.8 Å². The largest absolute Gasteiger partial charge is 0.478 e. The molecule has 0 aliphatic heterocycles. The first-order chi connectivity index (χ1) is 18.1. The summed E-state index contributed by atoms with van der Waals surface area (Å²) in [6.07, 6.45) is 21.9. The van der Waals surface area contributed by atoms with Gasteiger partial charge in [0, 0.05) is 23.1 Å². The minimum atomic E-state index is 0.693. The summed E-state index contributed by atoms with van der Waals surface area (Å²) in [5.74, 6) is 2.36. The van der Waals surface area contributed by atoms with Gasteiger partial charge in [-0.25, -0.2) is 4.98 Å². The molecule has 0 spiro atoms. The van der Waals surface area contributed by atoms with E-state index < -0.39 is 0 Å². The van der Waals surface area contributed by atoms with Crippen LogP contribution >= 0.6 is 0 Å². The molecule has 0 aromatic carbocycles. The van der Waals surface area contributed by atoms with Crippen LogP contribution in [-0.4, -0.2) is 31.3 Å². The van der Waals surface area contributed by atoms with E-state index >= 15 is 0 Å². The van der Waals surface area contributed by atoms with E-state index in [1.165, 1.54) is 95.9 Å². The Morgan fingerprint density at radius 2 is 1.35 bits per heavy atom. The molecule has 5 heteroatoms. The van der Waals surface area contributed by atoms with Crippen LogP contribution in [0.2, 0.25) is 6.04 Å². The molecule has 2 unspecified atom stereocenters. The van der Waals surface area contributed by atoms with Crippen molar-refractivity contribution in [1.29, 1.82) is 0 Å². The van der Waals surface area contributed by atoms with E-state index in [1.54, 1.807) is 0 Å². The fourth-order valence-corrected chi connectivity index (χ4v) is 5.77. The number of ether oxygens (including phenoxy) is 1. The molecule has 0 saturated heterocycles. The number of pyridine rings is 1. The molecule has 0 amide bonds. The van der Waals surface area contributed by atoms with Crippen molar-refractivity contribution in [2.75, 3.05) is 6.61 Å². The van der Waals surface area contributed by atoms with Gasteiger partial charge in [0.05, 0.1) is 12.3 Å². The van der Waals surface area contributed by atoms with Gasteiger partial charge in [0.15, 0.2) is 0 Å². The van der Waals surface area contributed by atoms with Crippen molar-refractivity contribution in [3.05, 3.63) is 30.5 Å². The quantitative estimate of drug-likeness (QED) is 0.114. The first-order valence-corrected chi connectivity index (χ1v) is 16.5. The van der Waals surface area contributed by atoms with E-state index in [4.69, 9.17) is 4.74 Å². The zero-order valence-corrected chi connectivity index (χ0v) is 25.3. The molecule has 2 radical (unpaired) electrons. The molecule has 37 heavy (non-hydrogen) atoms. The summed E-state index contributed by atoms with van der Waals surface area (Å²) in [6, 6.07) is 9.40. The zero-order valence-electron chi connectivity index (χ0n) is 24.3. The Bertz CT molecular complexity index is 797. The summed E-state index contributed by atoms with van der Waals surface area (Å²) in [5.41, 5.74) is 1.86. The van der Waals surface area contributed by atoms with Gasteiger partial charge >= 0.3 is 0 Å². The van der Waals surface area contributed by atoms with Gasteiger partial charge in [-0.05, 0) is 36.5 Å². The van der Waals surface area contributed by atoms with Gasteiger partial charge in [0.2, 0.25) is 5.88 Å². The van der Waals surface area contributed by atoms with Crippen molar-refractivity contribution in [1.82, 2.24) is 15.2 Å². The second-order valence-electron chi connectivity index (χ2n) is 11.0. The molecule has 4 nitrogen and oxygen atoms in total. The average molecular weight is 524 g/mol. The molecule has 2 heterocycles. The third-order valence-electron chi connectivity index (χ3n) is 7.27. The van der Waals surface area contributed by atoms with E-state index in [1.807, 2.05) is 18.3 Å². The van der Waals surface area contributed by atoms with Crippen LogP contribution in [0.1, 0.15) is 124 Å². The molecule has 0 saturated carbocycles. The minimum absolute atomic E-state index is 0.693. The molecule has 206 valence electrons. The Balaban J connectivity index is 1.59. The van der Waals surface area contributed by atoms with Crippen LogP contribution in [0.3, 0.4) is 0 Å². The molecule has 0 N–H and O–H groups in total. The van der Waals surface area contributed by atoms with E-state index in [0.29, 0.717) is 5.88 Å². The first kappa shape index (κ1) is 31.5. The van der Waals surface area contributed by atoms with E-state index in [2.05, 4.69) is 55.0 Å². The van der Waals surface area contributed by atoms with Crippen LogP contribution in [-0.2, 0) is 0 Å². The van der Waals surface area contributed by atoms with Crippen molar-refractivity contribution in [2.45, 2.75) is 130 Å². The average Bonchev–Trinajstić information content (AvgIpc) is 2.92. The van der Waals surface area contributed by atoms with Crippen molar-refractivity contribution in [3.63, 3.8) is 0 Å². The van der Waals surface area contributed by atoms with Crippen LogP contribution in [0.25, 0.3) is 11.3 Å². The number of hydrogen-bond acceptors (Lipinski definition) is 4. The molecule has 0 aliphatic carbocycles. The van der Waals surface area contributed by atoms with Gasteiger partial charge in [-0.2, -0.15) is 10.2 Å². The highest BCUT2D eigenvalue weighted by Gasteiger charge is 2.08. The molecule has 0 bridgehead atoms. The highest BCUT2D eigenvalue weighted by Crippen LogP contribution is 2.20. The summed E-state index contributed by atoms with van der Waals surface area (Å²) < 4.78 is 5.80. The Labute approximate surface area is 230 Å². The van der Waals surface area contributed by atoms with E-state index in [0.717, 1.165) is 51.0 Å². The number of hydrogen-bond donors (Lipinski definition) is 0. The minimum Gasteiger partial charge on any atom is -0.478 e.